The van der Waals surface area contributed by atoms with Gasteiger partial charge in [-0.05, 0) is 60.1 Å². The Labute approximate surface area is 206 Å². The second-order valence-electron chi connectivity index (χ2n) is 8.84. The molecule has 5 rings (SSSR count). The lowest BCUT2D eigenvalue weighted by atomic mass is 9.84. The molecule has 0 aliphatic carbocycles. The van der Waals surface area contributed by atoms with Crippen molar-refractivity contribution in [2.24, 2.45) is 5.73 Å². The van der Waals surface area contributed by atoms with Crippen molar-refractivity contribution >= 4 is 23.4 Å². The minimum Gasteiger partial charge on any atom is -0.366 e. The number of nitrogens with zero attached hydrogens (tertiary/aromatic N) is 1. The van der Waals surface area contributed by atoms with Crippen LogP contribution in [0.2, 0.25) is 5.02 Å². The van der Waals surface area contributed by atoms with Gasteiger partial charge in [-0.15, -0.1) is 0 Å². The highest BCUT2D eigenvalue weighted by molar-refractivity contribution is 6.31. The third-order valence-corrected chi connectivity index (χ3v) is 6.79. The van der Waals surface area contributed by atoms with Gasteiger partial charge in [0.05, 0.1) is 22.7 Å². The number of primary amides is 1. The lowest BCUT2D eigenvalue weighted by Crippen LogP contribution is -2.21. The zero-order chi connectivity index (χ0) is 26.1. The van der Waals surface area contributed by atoms with Gasteiger partial charge in [0.2, 0.25) is 5.91 Å². The Morgan fingerprint density at radius 3 is 2.50 bits per heavy atom. The van der Waals surface area contributed by atoms with Gasteiger partial charge in [0.15, 0.2) is 0 Å². The van der Waals surface area contributed by atoms with Gasteiger partial charge in [0.25, 0.3) is 5.91 Å². The van der Waals surface area contributed by atoms with Crippen LogP contribution >= 0.6 is 11.6 Å². The van der Waals surface area contributed by atoms with Gasteiger partial charge in [-0.3, -0.25) is 14.5 Å². The van der Waals surface area contributed by atoms with Gasteiger partial charge in [0, 0.05) is 34.8 Å². The van der Waals surface area contributed by atoms with E-state index in [2.05, 4.69) is 5.32 Å². The number of hydrogen-bond acceptors (Lipinski definition) is 3. The van der Waals surface area contributed by atoms with Crippen molar-refractivity contribution < 1.29 is 31.5 Å². The third-order valence-electron chi connectivity index (χ3n) is 6.45. The summed E-state index contributed by atoms with van der Waals surface area (Å²) in [4.78, 5) is 27.3. The number of fused-ring (bicyclic) bond motifs is 3. The lowest BCUT2D eigenvalue weighted by Gasteiger charge is -2.21. The first-order valence-corrected chi connectivity index (χ1v) is 11.1. The summed E-state index contributed by atoms with van der Waals surface area (Å²) < 4.78 is 69.7. The molecule has 5 nitrogen and oxygen atoms in total. The fourth-order valence-electron chi connectivity index (χ4n) is 4.98. The van der Waals surface area contributed by atoms with Crippen LogP contribution in [0.25, 0.3) is 11.1 Å². The molecule has 0 saturated carbocycles. The van der Waals surface area contributed by atoms with Crippen molar-refractivity contribution in [1.82, 2.24) is 10.2 Å². The Morgan fingerprint density at radius 2 is 1.83 bits per heavy atom. The van der Waals surface area contributed by atoms with Crippen molar-refractivity contribution in [2.45, 2.75) is 25.3 Å². The normalized spacial score (nSPS) is 17.2. The highest BCUT2D eigenvalue weighted by Gasteiger charge is 2.40. The minimum absolute atomic E-state index is 0.00255. The molecule has 0 radical (unpaired) electrons. The van der Waals surface area contributed by atoms with Gasteiger partial charge in [-0.1, -0.05) is 11.6 Å². The highest BCUT2D eigenvalue weighted by atomic mass is 35.5. The van der Waals surface area contributed by atoms with E-state index in [9.17, 15) is 27.2 Å². The molecule has 0 aromatic heterocycles. The second-order valence-corrected chi connectivity index (χ2v) is 9.24. The fourth-order valence-corrected chi connectivity index (χ4v) is 5.21. The molecule has 3 N–H and O–H groups in total. The van der Waals surface area contributed by atoms with Crippen molar-refractivity contribution in [2.75, 3.05) is 7.05 Å². The number of halogens is 6. The predicted octanol–water partition coefficient (Wildman–Crippen LogP) is 5.18. The Balaban J connectivity index is 1.87. The Bertz CT molecular complexity index is 1470. The lowest BCUT2D eigenvalue weighted by molar-refractivity contribution is -0.137. The second kappa shape index (κ2) is 8.28. The maximum atomic E-state index is 15.4. The molecule has 3 aromatic rings. The molecule has 1 atom stereocenters. The monoisotopic (exact) mass is 521 g/mol. The molecule has 0 bridgehead atoms. The molecule has 2 aliphatic rings. The van der Waals surface area contributed by atoms with E-state index in [1.807, 2.05) is 4.90 Å². The van der Waals surface area contributed by atoms with Crippen molar-refractivity contribution in [3.63, 3.8) is 0 Å². The van der Waals surface area contributed by atoms with Crippen LogP contribution in [0.15, 0.2) is 36.4 Å². The summed E-state index contributed by atoms with van der Waals surface area (Å²) in [6, 6.07) is 4.79. The number of nitrogens with two attached hydrogens (primary N) is 1. The van der Waals surface area contributed by atoms with Gasteiger partial charge in [-0.2, -0.15) is 13.2 Å². The average Bonchev–Trinajstić information content (AvgIpc) is 3.32. The van der Waals surface area contributed by atoms with Crippen LogP contribution < -0.4 is 11.1 Å². The molecular formula is C25H17ClF5N3O2. The first-order valence-electron chi connectivity index (χ1n) is 10.7. The van der Waals surface area contributed by atoms with E-state index in [1.54, 1.807) is 7.05 Å². The van der Waals surface area contributed by atoms with Crippen LogP contribution in [0.3, 0.4) is 0 Å². The van der Waals surface area contributed by atoms with Crippen molar-refractivity contribution in [3.05, 3.63) is 92.0 Å². The number of amides is 2. The number of carbonyl (C=O) groups is 2. The summed E-state index contributed by atoms with van der Waals surface area (Å²) in [5.74, 6) is -3.79. The Kier molecular flexibility index (Phi) is 5.57. The van der Waals surface area contributed by atoms with Crippen LogP contribution in [-0.2, 0) is 19.3 Å². The first kappa shape index (κ1) is 24.2. The van der Waals surface area contributed by atoms with E-state index >= 15 is 4.39 Å². The average molecular weight is 522 g/mol. The number of benzene rings is 3. The summed E-state index contributed by atoms with van der Waals surface area (Å²) in [5, 5.41) is 2.85. The van der Waals surface area contributed by atoms with Gasteiger partial charge < -0.3 is 11.1 Å². The number of carbonyl (C=O) groups excluding carboxylic acids is 2. The molecule has 0 saturated heterocycles. The molecule has 2 amide bonds. The third kappa shape index (κ3) is 3.81. The SMILES string of the molecule is CN1Cc2cc(-c3c(F)cc(C(F)(F)F)cc3C(N)=O)c3c(c2C1)C(=O)NC3c1cc(F)ccc1Cl. The first-order chi connectivity index (χ1) is 16.9. The quantitative estimate of drug-likeness (QED) is 0.466. The molecule has 1 unspecified atom stereocenters. The number of rotatable bonds is 3. The van der Waals surface area contributed by atoms with Crippen molar-refractivity contribution in [3.8, 4) is 11.1 Å². The molecule has 2 heterocycles. The molecule has 2 aliphatic heterocycles. The maximum Gasteiger partial charge on any atom is 0.416 e. The van der Waals surface area contributed by atoms with E-state index < -0.39 is 52.4 Å². The van der Waals surface area contributed by atoms with Crippen molar-refractivity contribution in [1.29, 1.82) is 0 Å². The summed E-state index contributed by atoms with van der Waals surface area (Å²) in [6.45, 7) is 0.760. The number of alkyl halides is 3. The summed E-state index contributed by atoms with van der Waals surface area (Å²) in [7, 11) is 1.80. The molecule has 0 fully saturated rings. The Hall–Kier alpha value is -3.50. The molecule has 11 heteroatoms. The van der Waals surface area contributed by atoms with Crippen LogP contribution in [0, 0.1) is 11.6 Å². The topological polar surface area (TPSA) is 75.4 Å². The largest absolute Gasteiger partial charge is 0.416 e. The zero-order valence-corrected chi connectivity index (χ0v) is 19.3. The molecule has 186 valence electrons. The molecule has 0 spiro atoms. The standard InChI is InChI=1S/C25H17ClF5N3O2/c1-34-8-10-4-14(19-15(23(32)35)5-11(6-18(19)28)25(29,30)31)20-21(16(10)9-34)24(36)33-22(20)13-7-12(27)2-3-17(13)26/h2-7,22H,8-9H2,1H3,(H2,32,35)(H,33,36). The predicted molar refractivity (Wildman–Crippen MR) is 121 cm³/mol. The summed E-state index contributed by atoms with van der Waals surface area (Å²) in [6.07, 6.45) is -4.93. The maximum absolute atomic E-state index is 15.4. The number of nitrogens with one attached hydrogen (secondary N) is 1. The van der Waals surface area contributed by atoms with E-state index in [0.717, 1.165) is 12.1 Å². The molecular weight excluding hydrogens is 505 g/mol. The number of hydrogen-bond donors (Lipinski definition) is 2. The van der Waals surface area contributed by atoms with E-state index in [-0.39, 0.29) is 33.3 Å². The molecule has 36 heavy (non-hydrogen) atoms. The Morgan fingerprint density at radius 1 is 1.11 bits per heavy atom. The van der Waals surface area contributed by atoms with E-state index in [4.69, 9.17) is 17.3 Å². The van der Waals surface area contributed by atoms with Gasteiger partial charge >= 0.3 is 6.18 Å². The van der Waals surface area contributed by atoms with Crippen LogP contribution in [-0.4, -0.2) is 23.8 Å². The molecule has 3 aromatic carbocycles. The van der Waals surface area contributed by atoms with E-state index in [1.165, 1.54) is 12.1 Å². The summed E-state index contributed by atoms with van der Waals surface area (Å²) in [5.41, 5.74) is 4.68. The highest BCUT2D eigenvalue weighted by Crippen LogP contribution is 2.47. The van der Waals surface area contributed by atoms with Gasteiger partial charge in [-0.25, -0.2) is 8.78 Å². The summed E-state index contributed by atoms with van der Waals surface area (Å²) >= 11 is 6.31. The van der Waals surface area contributed by atoms with E-state index in [0.29, 0.717) is 30.3 Å². The van der Waals surface area contributed by atoms with Crippen LogP contribution in [0.5, 0.6) is 0 Å². The zero-order valence-electron chi connectivity index (χ0n) is 18.6. The minimum atomic E-state index is -4.93. The van der Waals surface area contributed by atoms with Crippen LogP contribution in [0.1, 0.15) is 54.6 Å². The smallest absolute Gasteiger partial charge is 0.366 e. The van der Waals surface area contributed by atoms with Crippen LogP contribution in [0.4, 0.5) is 22.0 Å². The fraction of sp³-hybridized carbons (Fsp3) is 0.200. The van der Waals surface area contributed by atoms with Gasteiger partial charge in [0.1, 0.15) is 11.6 Å².